The van der Waals surface area contributed by atoms with Gasteiger partial charge in [0.25, 0.3) is 0 Å². The van der Waals surface area contributed by atoms with Crippen LogP contribution in [0.4, 0.5) is 0 Å². The molecule has 0 aromatic carbocycles. The summed E-state index contributed by atoms with van der Waals surface area (Å²) in [7, 11) is 0. The minimum absolute atomic E-state index is 0.0755. The van der Waals surface area contributed by atoms with Crippen molar-refractivity contribution in [2.45, 2.75) is 104 Å². The van der Waals surface area contributed by atoms with Gasteiger partial charge in [-0.1, -0.05) is 20.8 Å². The maximum Gasteiger partial charge on any atom is 0.325 e. The number of fused-ring (bicyclic) bond motifs is 5. The predicted molar refractivity (Wildman–Crippen MR) is 132 cm³/mol. The lowest BCUT2D eigenvalue weighted by atomic mass is 9.43. The lowest BCUT2D eigenvalue weighted by molar-refractivity contribution is -0.207. The summed E-state index contributed by atoms with van der Waals surface area (Å²) in [4.78, 5) is 23.8. The van der Waals surface area contributed by atoms with Gasteiger partial charge in [0.15, 0.2) is 0 Å². The van der Waals surface area contributed by atoms with Crippen LogP contribution in [0.5, 0.6) is 0 Å². The Hall–Kier alpha value is -1.18. The summed E-state index contributed by atoms with van der Waals surface area (Å²) in [5.74, 6) is 1.09. The molecular weight excluding hydrogens is 446 g/mol. The van der Waals surface area contributed by atoms with Gasteiger partial charge in [0.05, 0.1) is 24.9 Å². The summed E-state index contributed by atoms with van der Waals surface area (Å²) in [5, 5.41) is 36.0. The number of hydrogen-bond donors (Lipinski definition) is 4. The number of nitrogens with one attached hydrogen (secondary N) is 1. The largest absolute Gasteiger partial charge is 0.465 e. The number of ether oxygens (including phenoxy) is 1. The second-order valence-electron chi connectivity index (χ2n) is 12.6. The topological polar surface area (TPSA) is 116 Å². The lowest BCUT2D eigenvalue weighted by Crippen LogP contribution is -2.62. The van der Waals surface area contributed by atoms with Crippen molar-refractivity contribution in [1.82, 2.24) is 5.32 Å². The Labute approximate surface area is 210 Å². The molecule has 1 amide bonds. The first-order chi connectivity index (χ1) is 16.5. The summed E-state index contributed by atoms with van der Waals surface area (Å²) in [6.45, 7) is 8.72. The van der Waals surface area contributed by atoms with Crippen LogP contribution in [0.1, 0.15) is 85.5 Å². The number of esters is 1. The molecule has 4 aliphatic rings. The fourth-order valence-electron chi connectivity index (χ4n) is 9.16. The van der Waals surface area contributed by atoms with Crippen LogP contribution >= 0.6 is 0 Å². The van der Waals surface area contributed by atoms with Gasteiger partial charge in [0, 0.05) is 6.42 Å². The normalized spacial score (nSPS) is 45.6. The molecule has 200 valence electrons. The van der Waals surface area contributed by atoms with E-state index in [0.717, 1.165) is 44.9 Å². The van der Waals surface area contributed by atoms with E-state index in [-0.39, 0.29) is 53.2 Å². The van der Waals surface area contributed by atoms with Gasteiger partial charge in [-0.2, -0.15) is 0 Å². The van der Waals surface area contributed by atoms with Gasteiger partial charge in [0.2, 0.25) is 5.91 Å². The van der Waals surface area contributed by atoms with Crippen LogP contribution in [-0.4, -0.2) is 58.7 Å². The van der Waals surface area contributed by atoms with Crippen molar-refractivity contribution in [1.29, 1.82) is 0 Å². The monoisotopic (exact) mass is 493 g/mol. The lowest BCUT2D eigenvalue weighted by Gasteiger charge is -2.63. The molecule has 4 rings (SSSR count). The number of aliphatic hydroxyl groups excluding tert-OH is 3. The van der Waals surface area contributed by atoms with Crippen LogP contribution in [0.3, 0.4) is 0 Å². The van der Waals surface area contributed by atoms with Crippen LogP contribution in [-0.2, 0) is 14.3 Å². The molecule has 0 bridgehead atoms. The molecule has 4 fully saturated rings. The SMILES string of the molecule is CCOC(=O)CNC(=O)CCC(C)C1CCC2C3C(O)CC4CC(O)CCC4(C)C3CC(O)C12C. The van der Waals surface area contributed by atoms with Crippen LogP contribution in [0.15, 0.2) is 0 Å². The molecule has 0 aliphatic heterocycles. The van der Waals surface area contributed by atoms with Crippen LogP contribution in [0, 0.1) is 46.3 Å². The van der Waals surface area contributed by atoms with Crippen LogP contribution in [0.2, 0.25) is 0 Å². The number of rotatable bonds is 7. The third-order valence-electron chi connectivity index (χ3n) is 11.1. The summed E-state index contributed by atoms with van der Waals surface area (Å²) in [6.07, 6.45) is 6.09. The summed E-state index contributed by atoms with van der Waals surface area (Å²) < 4.78 is 4.87. The summed E-state index contributed by atoms with van der Waals surface area (Å²) in [5.41, 5.74) is -0.188. The molecule has 7 nitrogen and oxygen atoms in total. The van der Waals surface area contributed by atoms with Gasteiger partial charge in [-0.3, -0.25) is 9.59 Å². The van der Waals surface area contributed by atoms with E-state index in [4.69, 9.17) is 4.74 Å². The van der Waals surface area contributed by atoms with Gasteiger partial charge in [-0.05, 0) is 105 Å². The molecule has 4 N–H and O–H groups in total. The van der Waals surface area contributed by atoms with Gasteiger partial charge in [-0.25, -0.2) is 0 Å². The van der Waals surface area contributed by atoms with Gasteiger partial charge < -0.3 is 25.4 Å². The molecule has 4 aliphatic carbocycles. The van der Waals surface area contributed by atoms with E-state index in [9.17, 15) is 24.9 Å². The number of amides is 1. The highest BCUT2D eigenvalue weighted by Gasteiger charge is 2.65. The van der Waals surface area contributed by atoms with E-state index < -0.39 is 12.1 Å². The molecular formula is C28H47NO6. The number of hydrogen-bond acceptors (Lipinski definition) is 6. The molecule has 0 radical (unpaired) electrons. The summed E-state index contributed by atoms with van der Waals surface area (Å²) in [6, 6.07) is 0. The number of carbonyl (C=O) groups excluding carboxylic acids is 2. The second-order valence-corrected chi connectivity index (χ2v) is 12.6. The standard InChI is InChI=1S/C28H47NO6/c1-5-35-25(34)15-29-24(33)9-6-16(2)19-7-8-20-26-21(14-23(32)28(19,20)4)27(3)11-10-18(30)12-17(27)13-22(26)31/h16-23,26,30-32H,5-15H2,1-4H3,(H,29,33). The molecule has 11 atom stereocenters. The van der Waals surface area contributed by atoms with Gasteiger partial charge in [-0.15, -0.1) is 0 Å². The zero-order chi connectivity index (χ0) is 25.5. The minimum atomic E-state index is -0.422. The van der Waals surface area contributed by atoms with Crippen LogP contribution < -0.4 is 5.32 Å². The highest BCUT2D eigenvalue weighted by atomic mass is 16.5. The average molecular weight is 494 g/mol. The van der Waals surface area contributed by atoms with E-state index in [1.165, 1.54) is 0 Å². The maximum absolute atomic E-state index is 12.3. The molecule has 0 aromatic heterocycles. The van der Waals surface area contributed by atoms with Crippen LogP contribution in [0.25, 0.3) is 0 Å². The number of aliphatic hydroxyl groups is 3. The molecule has 4 saturated carbocycles. The second kappa shape index (κ2) is 10.3. The van der Waals surface area contributed by atoms with Crippen molar-refractivity contribution in [2.24, 2.45) is 46.3 Å². The predicted octanol–water partition coefficient (Wildman–Crippen LogP) is 3.04. The van der Waals surface area contributed by atoms with E-state index in [1.807, 2.05) is 0 Å². The minimum Gasteiger partial charge on any atom is -0.465 e. The van der Waals surface area contributed by atoms with E-state index in [2.05, 4.69) is 26.1 Å². The molecule has 0 spiro atoms. The molecule has 35 heavy (non-hydrogen) atoms. The quantitative estimate of drug-likeness (QED) is 0.405. The molecule has 0 heterocycles. The van der Waals surface area contributed by atoms with Gasteiger partial charge >= 0.3 is 5.97 Å². The Morgan fingerprint density at radius 2 is 1.80 bits per heavy atom. The first-order valence-corrected chi connectivity index (χ1v) is 14.0. The summed E-state index contributed by atoms with van der Waals surface area (Å²) >= 11 is 0. The fourth-order valence-corrected chi connectivity index (χ4v) is 9.16. The fraction of sp³-hybridized carbons (Fsp3) is 0.929. The third kappa shape index (κ3) is 4.77. The Morgan fingerprint density at radius 3 is 2.51 bits per heavy atom. The van der Waals surface area contributed by atoms with Crippen molar-refractivity contribution in [3.63, 3.8) is 0 Å². The van der Waals surface area contributed by atoms with Gasteiger partial charge in [0.1, 0.15) is 6.54 Å². The average Bonchev–Trinajstić information content (AvgIpc) is 3.16. The van der Waals surface area contributed by atoms with Crippen molar-refractivity contribution in [2.75, 3.05) is 13.2 Å². The number of carbonyl (C=O) groups is 2. The highest BCUT2D eigenvalue weighted by Crippen LogP contribution is 2.68. The Balaban J connectivity index is 1.43. The Bertz CT molecular complexity index is 789. The first kappa shape index (κ1) is 26.9. The Kier molecular flexibility index (Phi) is 7.90. The van der Waals surface area contributed by atoms with Crippen molar-refractivity contribution < 1.29 is 29.6 Å². The first-order valence-electron chi connectivity index (χ1n) is 14.0. The molecule has 0 saturated heterocycles. The van der Waals surface area contributed by atoms with Crippen molar-refractivity contribution >= 4 is 11.9 Å². The van der Waals surface area contributed by atoms with Crippen molar-refractivity contribution in [3.8, 4) is 0 Å². The maximum atomic E-state index is 12.3. The van der Waals surface area contributed by atoms with E-state index in [0.29, 0.717) is 37.2 Å². The molecule has 11 unspecified atom stereocenters. The zero-order valence-corrected chi connectivity index (χ0v) is 22.0. The smallest absolute Gasteiger partial charge is 0.325 e. The van der Waals surface area contributed by atoms with E-state index in [1.54, 1.807) is 6.92 Å². The molecule has 7 heteroatoms. The highest BCUT2D eigenvalue weighted by molar-refractivity contribution is 5.81. The van der Waals surface area contributed by atoms with E-state index >= 15 is 0 Å². The molecule has 0 aromatic rings. The third-order valence-corrected chi connectivity index (χ3v) is 11.1. The Morgan fingerprint density at radius 1 is 1.06 bits per heavy atom. The van der Waals surface area contributed by atoms with Crippen molar-refractivity contribution in [3.05, 3.63) is 0 Å². The zero-order valence-electron chi connectivity index (χ0n) is 22.0.